The summed E-state index contributed by atoms with van der Waals surface area (Å²) in [6.45, 7) is 2.08. The van der Waals surface area contributed by atoms with Crippen molar-refractivity contribution in [3.63, 3.8) is 0 Å². The minimum atomic E-state index is -3.95. The van der Waals surface area contributed by atoms with E-state index in [9.17, 15) is 13.2 Å². The number of aromatic carboxylic acids is 1. The van der Waals surface area contributed by atoms with E-state index in [2.05, 4.69) is 26.1 Å². The lowest BCUT2D eigenvalue weighted by Gasteiger charge is -2.19. The molecule has 0 aliphatic heterocycles. The lowest BCUT2D eigenvalue weighted by atomic mass is 10.4. The van der Waals surface area contributed by atoms with Gasteiger partial charge in [0.05, 0.1) is 9.98 Å². The van der Waals surface area contributed by atoms with Crippen LogP contribution in [0, 0.1) is 0 Å². The Hall–Kier alpha value is -1.23. The smallest absolute Gasteiger partial charge is 0.340 e. The summed E-state index contributed by atoms with van der Waals surface area (Å²) in [6, 6.07) is 3.65. The molecule has 114 valence electrons. The third-order valence-corrected chi connectivity index (χ3v) is 6.25. The molecule has 2 rings (SSSR count). The average molecular weight is 394 g/mol. The van der Waals surface area contributed by atoms with E-state index in [4.69, 9.17) is 5.11 Å². The molecule has 0 spiro atoms. The molecule has 0 fully saturated rings. The summed E-state index contributed by atoms with van der Waals surface area (Å²) < 4.78 is 27.2. The Kier molecular flexibility index (Phi) is 4.81. The lowest BCUT2D eigenvalue weighted by molar-refractivity contribution is 0.0692. The van der Waals surface area contributed by atoms with Crippen molar-refractivity contribution in [2.45, 2.75) is 18.5 Å². The van der Waals surface area contributed by atoms with Crippen molar-refractivity contribution in [1.29, 1.82) is 0 Å². The summed E-state index contributed by atoms with van der Waals surface area (Å²) in [4.78, 5) is 11.9. The Morgan fingerprint density at radius 1 is 1.52 bits per heavy atom. The van der Waals surface area contributed by atoms with Crippen LogP contribution >= 0.6 is 27.3 Å². The molecular formula is C11H12BrN3O4S2. The SMILES string of the molecule is CCN(Cc1ccc(Br)s1)S(=O)(=O)c1[nH]ncc1C(=O)O. The van der Waals surface area contributed by atoms with Crippen molar-refractivity contribution in [1.82, 2.24) is 14.5 Å². The van der Waals surface area contributed by atoms with Gasteiger partial charge in [0, 0.05) is 18.0 Å². The first-order valence-electron chi connectivity index (χ1n) is 5.87. The summed E-state index contributed by atoms with van der Waals surface area (Å²) in [5, 5.41) is 14.4. The van der Waals surface area contributed by atoms with E-state index in [0.717, 1.165) is 14.9 Å². The molecule has 0 aliphatic rings. The largest absolute Gasteiger partial charge is 0.478 e. The van der Waals surface area contributed by atoms with Crippen molar-refractivity contribution >= 4 is 43.3 Å². The van der Waals surface area contributed by atoms with Gasteiger partial charge >= 0.3 is 5.97 Å². The highest BCUT2D eigenvalue weighted by molar-refractivity contribution is 9.11. The van der Waals surface area contributed by atoms with Crippen LogP contribution < -0.4 is 0 Å². The fourth-order valence-electron chi connectivity index (χ4n) is 1.73. The third kappa shape index (κ3) is 3.34. The first kappa shape index (κ1) is 16.1. The van der Waals surface area contributed by atoms with Crippen LogP contribution in [0.25, 0.3) is 0 Å². The van der Waals surface area contributed by atoms with Gasteiger partial charge in [-0.3, -0.25) is 5.10 Å². The van der Waals surface area contributed by atoms with Crippen LogP contribution in [0.3, 0.4) is 0 Å². The highest BCUT2D eigenvalue weighted by Gasteiger charge is 2.30. The van der Waals surface area contributed by atoms with E-state index >= 15 is 0 Å². The molecule has 2 heterocycles. The summed E-state index contributed by atoms with van der Waals surface area (Å²) in [6.07, 6.45) is 0.991. The zero-order chi connectivity index (χ0) is 15.6. The number of aromatic amines is 1. The number of carboxylic acids is 1. The maximum absolute atomic E-state index is 12.5. The Labute approximate surface area is 133 Å². The second kappa shape index (κ2) is 6.26. The van der Waals surface area contributed by atoms with Crippen LogP contribution in [0.2, 0.25) is 0 Å². The van der Waals surface area contributed by atoms with Gasteiger partial charge in [-0.05, 0) is 28.1 Å². The zero-order valence-electron chi connectivity index (χ0n) is 10.9. The van der Waals surface area contributed by atoms with Crippen molar-refractivity contribution < 1.29 is 18.3 Å². The molecule has 0 atom stereocenters. The molecule has 10 heteroatoms. The van der Waals surface area contributed by atoms with Gasteiger partial charge in [0.15, 0.2) is 5.03 Å². The predicted octanol–water partition coefficient (Wildman–Crippen LogP) is 2.14. The predicted molar refractivity (Wildman–Crippen MR) is 80.8 cm³/mol. The fraction of sp³-hybridized carbons (Fsp3) is 0.273. The van der Waals surface area contributed by atoms with E-state index in [0.29, 0.717) is 0 Å². The van der Waals surface area contributed by atoms with Crippen molar-refractivity contribution in [3.05, 3.63) is 32.6 Å². The number of aromatic nitrogens is 2. The molecule has 0 saturated carbocycles. The molecule has 0 aromatic carbocycles. The highest BCUT2D eigenvalue weighted by Crippen LogP contribution is 2.26. The number of nitrogens with zero attached hydrogens (tertiary/aromatic N) is 2. The van der Waals surface area contributed by atoms with Crippen molar-refractivity contribution in [3.8, 4) is 0 Å². The van der Waals surface area contributed by atoms with Gasteiger partial charge in [0.2, 0.25) is 0 Å². The molecule has 2 aromatic heterocycles. The van der Waals surface area contributed by atoms with Crippen LogP contribution in [0.4, 0.5) is 0 Å². The monoisotopic (exact) mass is 393 g/mol. The van der Waals surface area contributed by atoms with Gasteiger partial charge in [-0.1, -0.05) is 6.92 Å². The molecular weight excluding hydrogens is 382 g/mol. The Morgan fingerprint density at radius 3 is 2.76 bits per heavy atom. The Morgan fingerprint density at radius 2 is 2.24 bits per heavy atom. The molecule has 2 N–H and O–H groups in total. The van der Waals surface area contributed by atoms with E-state index in [1.54, 1.807) is 6.92 Å². The van der Waals surface area contributed by atoms with Gasteiger partial charge < -0.3 is 5.11 Å². The zero-order valence-corrected chi connectivity index (χ0v) is 14.1. The second-order valence-corrected chi connectivity index (χ2v) is 8.48. The van der Waals surface area contributed by atoms with Crippen molar-refractivity contribution in [2.75, 3.05) is 6.54 Å². The number of thiophene rings is 1. The number of halogens is 1. The lowest BCUT2D eigenvalue weighted by Crippen LogP contribution is -2.31. The molecule has 7 nitrogen and oxygen atoms in total. The number of H-pyrrole nitrogens is 1. The van der Waals surface area contributed by atoms with Crippen molar-refractivity contribution in [2.24, 2.45) is 0 Å². The van der Waals surface area contributed by atoms with Crippen LogP contribution in [-0.4, -0.2) is 40.5 Å². The molecule has 0 amide bonds. The molecule has 0 radical (unpaired) electrons. The number of sulfonamides is 1. The Balaban J connectivity index is 2.35. The van der Waals surface area contributed by atoms with E-state index in [-0.39, 0.29) is 18.7 Å². The number of carboxylic acid groups (broad SMARTS) is 1. The topological polar surface area (TPSA) is 103 Å². The van der Waals surface area contributed by atoms with Crippen LogP contribution in [0.5, 0.6) is 0 Å². The van der Waals surface area contributed by atoms with Crippen LogP contribution in [-0.2, 0) is 16.6 Å². The Bertz CT molecular complexity index is 753. The van der Waals surface area contributed by atoms with Gasteiger partial charge in [-0.15, -0.1) is 11.3 Å². The van der Waals surface area contributed by atoms with Crippen LogP contribution in [0.1, 0.15) is 22.2 Å². The maximum Gasteiger partial charge on any atom is 0.340 e. The van der Waals surface area contributed by atoms with E-state index in [1.807, 2.05) is 12.1 Å². The third-order valence-electron chi connectivity index (χ3n) is 2.75. The number of hydrogen-bond acceptors (Lipinski definition) is 5. The number of carbonyl (C=O) groups is 1. The summed E-state index contributed by atoms with van der Waals surface area (Å²) in [7, 11) is -3.95. The van der Waals surface area contributed by atoms with Gasteiger partial charge in [0.1, 0.15) is 5.56 Å². The maximum atomic E-state index is 12.5. The number of nitrogens with one attached hydrogen (secondary N) is 1. The molecule has 0 unspecified atom stereocenters. The van der Waals surface area contributed by atoms with E-state index < -0.39 is 21.0 Å². The van der Waals surface area contributed by atoms with Gasteiger partial charge in [-0.2, -0.15) is 9.40 Å². The summed E-state index contributed by atoms with van der Waals surface area (Å²) >= 11 is 4.74. The highest BCUT2D eigenvalue weighted by atomic mass is 79.9. The fourth-order valence-corrected chi connectivity index (χ4v) is 4.80. The number of hydrogen-bond donors (Lipinski definition) is 2. The first-order chi connectivity index (χ1) is 9.86. The average Bonchev–Trinajstić information content (AvgIpc) is 3.04. The van der Waals surface area contributed by atoms with Gasteiger partial charge in [-0.25, -0.2) is 13.2 Å². The first-order valence-corrected chi connectivity index (χ1v) is 8.92. The minimum absolute atomic E-state index is 0.174. The summed E-state index contributed by atoms with van der Waals surface area (Å²) in [5.41, 5.74) is -0.360. The number of rotatable bonds is 6. The molecule has 2 aromatic rings. The molecule has 0 aliphatic carbocycles. The molecule has 0 bridgehead atoms. The van der Waals surface area contributed by atoms with E-state index in [1.165, 1.54) is 15.6 Å². The molecule has 21 heavy (non-hydrogen) atoms. The normalized spacial score (nSPS) is 12.0. The minimum Gasteiger partial charge on any atom is -0.478 e. The quantitative estimate of drug-likeness (QED) is 0.782. The van der Waals surface area contributed by atoms with Gasteiger partial charge in [0.25, 0.3) is 10.0 Å². The standard InChI is InChI=1S/C11H12BrN3O4S2/c1-2-15(6-7-3-4-9(12)20-7)21(18,19)10-8(11(16)17)5-13-14-10/h3-5H,2,6H2,1H3,(H,13,14)(H,16,17). The molecule has 0 saturated heterocycles. The van der Waals surface area contributed by atoms with Crippen LogP contribution in [0.15, 0.2) is 27.1 Å². The summed E-state index contributed by atoms with van der Waals surface area (Å²) in [5.74, 6) is -1.34. The second-order valence-electron chi connectivity index (χ2n) is 4.05.